The summed E-state index contributed by atoms with van der Waals surface area (Å²) in [6.07, 6.45) is 3.04. The molecule has 0 fully saturated rings. The molecule has 1 aromatic heterocycles. The lowest BCUT2D eigenvalue weighted by Crippen LogP contribution is -2.36. The number of nitrogens with one attached hydrogen (secondary N) is 2. The average Bonchev–Trinajstić information content (AvgIpc) is 2.16. The molecule has 1 rings (SSSR count). The predicted octanol–water partition coefficient (Wildman–Crippen LogP) is 0.165. The zero-order valence-electron chi connectivity index (χ0n) is 8.45. The minimum Gasteiger partial charge on any atom is -0.361 e. The number of H-pyrrole nitrogens is 1. The molecular weight excluding hydrogens is 180 g/mol. The monoisotopic (exact) mass is 196 g/mol. The third kappa shape index (κ3) is 2.56. The van der Waals surface area contributed by atoms with E-state index in [1.165, 1.54) is 12.4 Å². The maximum atomic E-state index is 11.3. The van der Waals surface area contributed by atoms with Crippen LogP contribution in [0.25, 0.3) is 0 Å². The van der Waals surface area contributed by atoms with E-state index in [1.807, 2.05) is 13.8 Å². The summed E-state index contributed by atoms with van der Waals surface area (Å²) in [5.41, 5.74) is 5.35. The summed E-state index contributed by atoms with van der Waals surface area (Å²) >= 11 is 0. The van der Waals surface area contributed by atoms with Gasteiger partial charge in [0.2, 0.25) is 0 Å². The van der Waals surface area contributed by atoms with Crippen molar-refractivity contribution < 1.29 is 0 Å². The van der Waals surface area contributed by atoms with Crippen LogP contribution in [0.15, 0.2) is 17.2 Å². The summed E-state index contributed by atoms with van der Waals surface area (Å²) in [5.74, 6) is 0.693. The number of nitrogens with zero attached hydrogens (tertiary/aromatic N) is 1. The van der Waals surface area contributed by atoms with Crippen LogP contribution in [0.3, 0.4) is 0 Å². The molecule has 5 heteroatoms. The fraction of sp³-hybridized carbons (Fsp3) is 0.556. The molecule has 0 saturated heterocycles. The first-order valence-electron chi connectivity index (χ1n) is 4.65. The molecule has 0 aliphatic heterocycles. The standard InChI is InChI=1S/C9H16N4O/c1-6(2)7(5-10)13-8-9(14)12-4-3-11-8/h3-4,6-7H,5,10H2,1-2H3,(H,11,13)(H,12,14). The van der Waals surface area contributed by atoms with Crippen LogP contribution in [-0.2, 0) is 0 Å². The fourth-order valence-electron chi connectivity index (χ4n) is 1.13. The molecule has 0 radical (unpaired) electrons. The first kappa shape index (κ1) is 10.7. The molecule has 1 atom stereocenters. The molecule has 0 spiro atoms. The maximum Gasteiger partial charge on any atom is 0.290 e. The van der Waals surface area contributed by atoms with E-state index in [0.29, 0.717) is 18.3 Å². The van der Waals surface area contributed by atoms with Gasteiger partial charge in [-0.25, -0.2) is 4.98 Å². The summed E-state index contributed by atoms with van der Waals surface area (Å²) < 4.78 is 0. The topological polar surface area (TPSA) is 83.8 Å². The van der Waals surface area contributed by atoms with Crippen LogP contribution in [-0.4, -0.2) is 22.6 Å². The highest BCUT2D eigenvalue weighted by molar-refractivity contribution is 5.31. The summed E-state index contributed by atoms with van der Waals surface area (Å²) in [5, 5.41) is 3.02. The second-order valence-corrected chi connectivity index (χ2v) is 3.50. The van der Waals surface area contributed by atoms with Gasteiger partial charge in [0.1, 0.15) is 0 Å². The summed E-state index contributed by atoms with van der Waals surface area (Å²) in [6, 6.07) is 0.0750. The molecule has 0 bridgehead atoms. The summed E-state index contributed by atoms with van der Waals surface area (Å²) in [7, 11) is 0. The Morgan fingerprint density at radius 2 is 2.36 bits per heavy atom. The lowest BCUT2D eigenvalue weighted by Gasteiger charge is -2.20. The zero-order valence-corrected chi connectivity index (χ0v) is 8.45. The molecule has 0 amide bonds. The van der Waals surface area contributed by atoms with E-state index in [-0.39, 0.29) is 11.6 Å². The third-order valence-corrected chi connectivity index (χ3v) is 2.09. The van der Waals surface area contributed by atoms with E-state index < -0.39 is 0 Å². The Morgan fingerprint density at radius 1 is 1.64 bits per heavy atom. The van der Waals surface area contributed by atoms with Gasteiger partial charge < -0.3 is 16.0 Å². The lowest BCUT2D eigenvalue weighted by atomic mass is 10.1. The summed E-state index contributed by atoms with van der Waals surface area (Å²) in [6.45, 7) is 4.57. The SMILES string of the molecule is CC(C)C(CN)Nc1ncc[nH]c1=O. The number of anilines is 1. The van der Waals surface area contributed by atoms with Gasteiger partial charge in [0.25, 0.3) is 5.56 Å². The van der Waals surface area contributed by atoms with Crippen molar-refractivity contribution in [3.05, 3.63) is 22.7 Å². The number of aromatic nitrogens is 2. The Labute approximate surface area is 82.7 Å². The highest BCUT2D eigenvalue weighted by Crippen LogP contribution is 2.04. The molecule has 14 heavy (non-hydrogen) atoms. The molecule has 0 saturated carbocycles. The molecule has 78 valence electrons. The van der Waals surface area contributed by atoms with Crippen molar-refractivity contribution in [1.29, 1.82) is 0 Å². The molecule has 5 nitrogen and oxygen atoms in total. The molecule has 1 aromatic rings. The fourth-order valence-corrected chi connectivity index (χ4v) is 1.13. The van der Waals surface area contributed by atoms with Gasteiger partial charge in [-0.05, 0) is 5.92 Å². The van der Waals surface area contributed by atoms with Crippen molar-refractivity contribution >= 4 is 5.82 Å². The van der Waals surface area contributed by atoms with Crippen molar-refractivity contribution in [2.45, 2.75) is 19.9 Å². The normalized spacial score (nSPS) is 12.9. The van der Waals surface area contributed by atoms with Crippen molar-refractivity contribution in [3.8, 4) is 0 Å². The number of aromatic amines is 1. The molecule has 1 heterocycles. The molecule has 0 aliphatic carbocycles. The van der Waals surface area contributed by atoms with E-state index in [4.69, 9.17) is 5.73 Å². The summed E-state index contributed by atoms with van der Waals surface area (Å²) in [4.78, 5) is 17.8. The van der Waals surface area contributed by atoms with Crippen molar-refractivity contribution in [3.63, 3.8) is 0 Å². The molecule has 0 aromatic carbocycles. The van der Waals surface area contributed by atoms with Gasteiger partial charge in [-0.1, -0.05) is 13.8 Å². The van der Waals surface area contributed by atoms with Crippen LogP contribution in [0.5, 0.6) is 0 Å². The van der Waals surface area contributed by atoms with E-state index in [1.54, 1.807) is 0 Å². The van der Waals surface area contributed by atoms with E-state index in [2.05, 4.69) is 15.3 Å². The predicted molar refractivity (Wildman–Crippen MR) is 56.2 cm³/mol. The molecule has 4 N–H and O–H groups in total. The number of rotatable bonds is 4. The Bertz CT molecular complexity index is 334. The number of hydrogen-bond donors (Lipinski definition) is 3. The van der Waals surface area contributed by atoms with Gasteiger partial charge in [0.15, 0.2) is 5.82 Å². The lowest BCUT2D eigenvalue weighted by molar-refractivity contribution is 0.529. The highest BCUT2D eigenvalue weighted by Gasteiger charge is 2.12. The van der Waals surface area contributed by atoms with Gasteiger partial charge in [-0.15, -0.1) is 0 Å². The second kappa shape index (κ2) is 4.76. The molecule has 1 unspecified atom stereocenters. The third-order valence-electron chi connectivity index (χ3n) is 2.09. The Balaban J connectivity index is 2.77. The first-order chi connectivity index (χ1) is 6.65. The minimum absolute atomic E-state index is 0.0750. The largest absolute Gasteiger partial charge is 0.361 e. The van der Waals surface area contributed by atoms with E-state index >= 15 is 0 Å². The van der Waals surface area contributed by atoms with Crippen LogP contribution in [0.4, 0.5) is 5.82 Å². The van der Waals surface area contributed by atoms with Gasteiger partial charge in [0.05, 0.1) is 0 Å². The van der Waals surface area contributed by atoms with Crippen LogP contribution < -0.4 is 16.6 Å². The van der Waals surface area contributed by atoms with Crippen LogP contribution in [0, 0.1) is 5.92 Å². The number of hydrogen-bond acceptors (Lipinski definition) is 4. The maximum absolute atomic E-state index is 11.3. The smallest absolute Gasteiger partial charge is 0.290 e. The van der Waals surface area contributed by atoms with Gasteiger partial charge in [0, 0.05) is 25.0 Å². The van der Waals surface area contributed by atoms with Crippen LogP contribution in [0.2, 0.25) is 0 Å². The number of nitrogens with two attached hydrogens (primary N) is 1. The van der Waals surface area contributed by atoms with Gasteiger partial charge in [-0.3, -0.25) is 4.79 Å². The Kier molecular flexibility index (Phi) is 3.64. The van der Waals surface area contributed by atoms with E-state index in [0.717, 1.165) is 0 Å². The molecular formula is C9H16N4O. The highest BCUT2D eigenvalue weighted by atomic mass is 16.1. The van der Waals surface area contributed by atoms with Gasteiger partial charge >= 0.3 is 0 Å². The zero-order chi connectivity index (χ0) is 10.6. The average molecular weight is 196 g/mol. The molecule has 0 aliphatic rings. The minimum atomic E-state index is -0.216. The van der Waals surface area contributed by atoms with Crippen molar-refractivity contribution in [2.75, 3.05) is 11.9 Å². The van der Waals surface area contributed by atoms with E-state index in [9.17, 15) is 4.79 Å². The Morgan fingerprint density at radius 3 is 2.86 bits per heavy atom. The van der Waals surface area contributed by atoms with Crippen molar-refractivity contribution in [2.24, 2.45) is 11.7 Å². The van der Waals surface area contributed by atoms with Gasteiger partial charge in [-0.2, -0.15) is 0 Å². The van der Waals surface area contributed by atoms with Crippen LogP contribution in [0.1, 0.15) is 13.8 Å². The Hall–Kier alpha value is -1.36. The van der Waals surface area contributed by atoms with Crippen molar-refractivity contribution in [1.82, 2.24) is 9.97 Å². The van der Waals surface area contributed by atoms with Crippen LogP contribution >= 0.6 is 0 Å². The second-order valence-electron chi connectivity index (χ2n) is 3.50. The first-order valence-corrected chi connectivity index (χ1v) is 4.65. The quantitative estimate of drug-likeness (QED) is 0.640.